The van der Waals surface area contributed by atoms with Gasteiger partial charge < -0.3 is 16.2 Å². The van der Waals surface area contributed by atoms with Crippen molar-refractivity contribution in [3.8, 4) is 0 Å². The first-order valence-corrected chi connectivity index (χ1v) is 6.21. The van der Waals surface area contributed by atoms with E-state index < -0.39 is 5.97 Å². The molecule has 0 aliphatic heterocycles. The van der Waals surface area contributed by atoms with Gasteiger partial charge in [0, 0.05) is 11.3 Å². The summed E-state index contributed by atoms with van der Waals surface area (Å²) in [4.78, 5) is 22.5. The molecule has 0 unspecified atom stereocenters. The zero-order valence-electron chi connectivity index (χ0n) is 11.4. The first-order chi connectivity index (χ1) is 9.95. The molecule has 2 rings (SSSR count). The third-order valence-electron chi connectivity index (χ3n) is 2.85. The van der Waals surface area contributed by atoms with Crippen LogP contribution < -0.4 is 11.1 Å². The lowest BCUT2D eigenvalue weighted by atomic mass is 10.1. The number of nitrogens with zero attached hydrogens (tertiary/aromatic N) is 3. The summed E-state index contributed by atoms with van der Waals surface area (Å²) in [5.74, 6) is -1.29. The Kier molecular flexibility index (Phi) is 4.17. The standard InChI is InChI=1S/C13H15N5O3/c1-8-2-3-9(4-11(8)14)13(21)15-5-10-6-18(17-16-10)7-12(19)20/h2-4,6H,5,7,14H2,1H3,(H,15,21)(H,19,20). The van der Waals surface area contributed by atoms with Gasteiger partial charge in [0.25, 0.3) is 5.91 Å². The zero-order chi connectivity index (χ0) is 15.4. The summed E-state index contributed by atoms with van der Waals surface area (Å²) in [6, 6.07) is 5.06. The fraction of sp³-hybridized carbons (Fsp3) is 0.231. The third kappa shape index (κ3) is 3.78. The molecule has 0 spiro atoms. The maximum absolute atomic E-state index is 12.0. The number of carboxylic acids is 1. The zero-order valence-corrected chi connectivity index (χ0v) is 11.4. The Bertz CT molecular complexity index is 680. The van der Waals surface area contributed by atoms with Crippen LogP contribution in [0.2, 0.25) is 0 Å². The number of carbonyl (C=O) groups excluding carboxylic acids is 1. The summed E-state index contributed by atoms with van der Waals surface area (Å²) in [5, 5.41) is 18.7. The monoisotopic (exact) mass is 289 g/mol. The lowest BCUT2D eigenvalue weighted by Crippen LogP contribution is -2.23. The number of aryl methyl sites for hydroxylation is 1. The molecular formula is C13H15N5O3. The molecule has 4 N–H and O–H groups in total. The lowest BCUT2D eigenvalue weighted by molar-refractivity contribution is -0.137. The molecule has 0 saturated carbocycles. The van der Waals surface area contributed by atoms with E-state index in [1.165, 1.54) is 10.9 Å². The number of hydrogen-bond donors (Lipinski definition) is 3. The van der Waals surface area contributed by atoms with E-state index in [0.717, 1.165) is 5.56 Å². The average Bonchev–Trinajstić information content (AvgIpc) is 2.86. The maximum Gasteiger partial charge on any atom is 0.325 e. The van der Waals surface area contributed by atoms with Crippen molar-refractivity contribution < 1.29 is 14.7 Å². The average molecular weight is 289 g/mol. The van der Waals surface area contributed by atoms with Crippen molar-refractivity contribution in [3.05, 3.63) is 41.2 Å². The quantitative estimate of drug-likeness (QED) is 0.675. The molecule has 1 heterocycles. The molecule has 110 valence electrons. The minimum absolute atomic E-state index is 0.159. The molecule has 8 nitrogen and oxygen atoms in total. The summed E-state index contributed by atoms with van der Waals surface area (Å²) >= 11 is 0. The summed E-state index contributed by atoms with van der Waals surface area (Å²) in [7, 11) is 0. The largest absolute Gasteiger partial charge is 0.480 e. The number of nitrogen functional groups attached to an aromatic ring is 1. The summed E-state index contributed by atoms with van der Waals surface area (Å²) in [6.07, 6.45) is 1.47. The second-order valence-corrected chi connectivity index (χ2v) is 4.56. The Morgan fingerprint density at radius 1 is 1.43 bits per heavy atom. The number of benzene rings is 1. The number of carboxylic acid groups (broad SMARTS) is 1. The number of nitrogens with one attached hydrogen (secondary N) is 1. The number of aromatic nitrogens is 3. The predicted molar refractivity (Wildman–Crippen MR) is 74.4 cm³/mol. The van der Waals surface area contributed by atoms with Gasteiger partial charge in [0.05, 0.1) is 12.7 Å². The van der Waals surface area contributed by atoms with Crippen LogP contribution >= 0.6 is 0 Å². The van der Waals surface area contributed by atoms with Crippen molar-refractivity contribution in [2.75, 3.05) is 5.73 Å². The van der Waals surface area contributed by atoms with E-state index in [2.05, 4.69) is 15.6 Å². The van der Waals surface area contributed by atoms with E-state index in [-0.39, 0.29) is 19.0 Å². The van der Waals surface area contributed by atoms with Crippen molar-refractivity contribution >= 4 is 17.6 Å². The molecule has 0 radical (unpaired) electrons. The van der Waals surface area contributed by atoms with Crippen LogP contribution in [0.15, 0.2) is 24.4 Å². The normalized spacial score (nSPS) is 10.3. The van der Waals surface area contributed by atoms with Gasteiger partial charge in [-0.1, -0.05) is 11.3 Å². The smallest absolute Gasteiger partial charge is 0.325 e. The summed E-state index contributed by atoms with van der Waals surface area (Å²) in [6.45, 7) is 1.75. The minimum atomic E-state index is -1.01. The fourth-order valence-corrected chi connectivity index (χ4v) is 1.69. The van der Waals surface area contributed by atoms with Crippen LogP contribution in [0.25, 0.3) is 0 Å². The van der Waals surface area contributed by atoms with Crippen molar-refractivity contribution in [3.63, 3.8) is 0 Å². The first kappa shape index (κ1) is 14.5. The van der Waals surface area contributed by atoms with Gasteiger partial charge in [-0.2, -0.15) is 0 Å². The minimum Gasteiger partial charge on any atom is -0.480 e. The fourth-order valence-electron chi connectivity index (χ4n) is 1.69. The van der Waals surface area contributed by atoms with Gasteiger partial charge in [-0.3, -0.25) is 9.59 Å². The second-order valence-electron chi connectivity index (χ2n) is 4.56. The molecule has 0 saturated heterocycles. The van der Waals surface area contributed by atoms with Crippen LogP contribution in [0, 0.1) is 6.92 Å². The first-order valence-electron chi connectivity index (χ1n) is 6.21. The number of nitrogens with two attached hydrogens (primary N) is 1. The van der Waals surface area contributed by atoms with Crippen molar-refractivity contribution in [2.45, 2.75) is 20.0 Å². The second kappa shape index (κ2) is 6.04. The molecule has 0 bridgehead atoms. The van der Waals surface area contributed by atoms with E-state index >= 15 is 0 Å². The molecule has 0 aliphatic rings. The molecule has 0 atom stereocenters. The van der Waals surface area contributed by atoms with Crippen molar-refractivity contribution in [1.82, 2.24) is 20.3 Å². The van der Waals surface area contributed by atoms with Gasteiger partial charge in [-0.15, -0.1) is 5.10 Å². The number of amides is 1. The highest BCUT2D eigenvalue weighted by molar-refractivity contribution is 5.95. The van der Waals surface area contributed by atoms with Gasteiger partial charge in [0.1, 0.15) is 12.2 Å². The number of aliphatic carboxylic acids is 1. The van der Waals surface area contributed by atoms with Gasteiger partial charge >= 0.3 is 5.97 Å². The van der Waals surface area contributed by atoms with E-state index in [9.17, 15) is 9.59 Å². The third-order valence-corrected chi connectivity index (χ3v) is 2.85. The van der Waals surface area contributed by atoms with Gasteiger partial charge in [0.2, 0.25) is 0 Å². The van der Waals surface area contributed by atoms with Crippen LogP contribution in [0.4, 0.5) is 5.69 Å². The van der Waals surface area contributed by atoms with Gasteiger partial charge in [-0.05, 0) is 24.6 Å². The van der Waals surface area contributed by atoms with Gasteiger partial charge in [0.15, 0.2) is 0 Å². The SMILES string of the molecule is Cc1ccc(C(=O)NCc2cn(CC(=O)O)nn2)cc1N. The Balaban J connectivity index is 1.95. The molecule has 21 heavy (non-hydrogen) atoms. The van der Waals surface area contributed by atoms with Crippen molar-refractivity contribution in [1.29, 1.82) is 0 Å². The topological polar surface area (TPSA) is 123 Å². The highest BCUT2D eigenvalue weighted by atomic mass is 16.4. The maximum atomic E-state index is 12.0. The molecule has 1 amide bonds. The van der Waals surface area contributed by atoms with Crippen LogP contribution in [-0.4, -0.2) is 32.0 Å². The molecule has 1 aromatic carbocycles. The summed E-state index contributed by atoms with van der Waals surface area (Å²) < 4.78 is 1.19. The Morgan fingerprint density at radius 2 is 2.19 bits per heavy atom. The molecule has 0 aliphatic carbocycles. The molecule has 0 fully saturated rings. The predicted octanol–water partition coefficient (Wildman–Crippen LogP) is 0.183. The Labute approximate surface area is 120 Å². The molecular weight excluding hydrogens is 274 g/mol. The highest BCUT2D eigenvalue weighted by Gasteiger charge is 2.09. The number of rotatable bonds is 5. The highest BCUT2D eigenvalue weighted by Crippen LogP contribution is 2.12. The number of anilines is 1. The van der Waals surface area contributed by atoms with Crippen LogP contribution in [0.1, 0.15) is 21.6 Å². The van der Waals surface area contributed by atoms with Crippen LogP contribution in [0.5, 0.6) is 0 Å². The van der Waals surface area contributed by atoms with Crippen LogP contribution in [0.3, 0.4) is 0 Å². The van der Waals surface area contributed by atoms with E-state index in [4.69, 9.17) is 10.8 Å². The Hall–Kier alpha value is -2.90. The van der Waals surface area contributed by atoms with E-state index in [0.29, 0.717) is 16.9 Å². The van der Waals surface area contributed by atoms with Gasteiger partial charge in [-0.25, -0.2) is 4.68 Å². The molecule has 8 heteroatoms. The lowest BCUT2D eigenvalue weighted by Gasteiger charge is -2.05. The number of carbonyl (C=O) groups is 2. The van der Waals surface area contributed by atoms with E-state index in [1.807, 2.05) is 6.92 Å². The molecule has 1 aromatic heterocycles. The summed E-state index contributed by atoms with van der Waals surface area (Å²) in [5.41, 5.74) is 8.14. The Morgan fingerprint density at radius 3 is 2.86 bits per heavy atom. The van der Waals surface area contributed by atoms with Crippen molar-refractivity contribution in [2.24, 2.45) is 0 Å². The van der Waals surface area contributed by atoms with Crippen LogP contribution in [-0.2, 0) is 17.9 Å². The van der Waals surface area contributed by atoms with E-state index in [1.54, 1.807) is 18.2 Å². The molecule has 2 aromatic rings. The number of hydrogen-bond acceptors (Lipinski definition) is 5.